The van der Waals surface area contributed by atoms with Crippen LogP contribution in [0.15, 0.2) is 11.1 Å². The fraction of sp³-hybridized carbons (Fsp3) is 0.333. The quantitative estimate of drug-likeness (QED) is 0.382. The standard InChI is InChI=1S/C3H6N2S2/c1-3-2-5(6)4-7-3/h2,4,6H,1H3. The molecule has 0 spiro atoms. The molecule has 1 aliphatic rings. The Hall–Kier alpha value is 0.200. The molecule has 40 valence electrons. The minimum Gasteiger partial charge on any atom is -0.250 e. The zero-order valence-corrected chi connectivity index (χ0v) is 5.59. The third kappa shape index (κ3) is 1.29. The minimum absolute atomic E-state index is 1.23. The van der Waals surface area contributed by atoms with E-state index in [2.05, 4.69) is 17.6 Å². The number of rotatable bonds is 0. The first-order valence-electron chi connectivity index (χ1n) is 1.88. The van der Waals surface area contributed by atoms with Gasteiger partial charge in [0.1, 0.15) is 0 Å². The molecule has 0 unspecified atom stereocenters. The van der Waals surface area contributed by atoms with Crippen LogP contribution in [0.4, 0.5) is 0 Å². The van der Waals surface area contributed by atoms with Crippen LogP contribution in [0.5, 0.6) is 0 Å². The molecule has 0 bridgehead atoms. The molecule has 1 rings (SSSR count). The number of nitrogens with one attached hydrogen (secondary N) is 1. The highest BCUT2D eigenvalue weighted by Crippen LogP contribution is 2.19. The van der Waals surface area contributed by atoms with Crippen molar-refractivity contribution in [3.8, 4) is 0 Å². The Bertz CT molecular complexity index is 101. The zero-order valence-electron chi connectivity index (χ0n) is 3.88. The molecule has 0 radical (unpaired) electrons. The minimum atomic E-state index is 1.23. The summed E-state index contributed by atoms with van der Waals surface area (Å²) in [6, 6.07) is 0. The van der Waals surface area contributed by atoms with Crippen molar-refractivity contribution >= 4 is 24.8 Å². The molecule has 0 fully saturated rings. The topological polar surface area (TPSA) is 15.3 Å². The summed E-state index contributed by atoms with van der Waals surface area (Å²) >= 11 is 5.54. The van der Waals surface area contributed by atoms with Gasteiger partial charge in [-0.3, -0.25) is 0 Å². The van der Waals surface area contributed by atoms with E-state index in [1.165, 1.54) is 4.91 Å². The number of allylic oxidation sites excluding steroid dienone is 1. The fourth-order valence-electron chi connectivity index (χ4n) is 0.344. The second-order valence-electron chi connectivity index (χ2n) is 1.28. The van der Waals surface area contributed by atoms with E-state index in [0.29, 0.717) is 0 Å². The van der Waals surface area contributed by atoms with Crippen LogP contribution in [0.3, 0.4) is 0 Å². The van der Waals surface area contributed by atoms with E-state index in [0.717, 1.165) is 0 Å². The van der Waals surface area contributed by atoms with Gasteiger partial charge in [0.15, 0.2) is 0 Å². The van der Waals surface area contributed by atoms with Gasteiger partial charge in [-0.2, -0.15) is 4.83 Å². The highest BCUT2D eigenvalue weighted by molar-refractivity contribution is 8.01. The molecule has 0 aromatic rings. The molecule has 7 heavy (non-hydrogen) atoms. The highest BCUT2D eigenvalue weighted by Gasteiger charge is 2.02. The number of nitrogens with zero attached hydrogens (tertiary/aromatic N) is 1. The van der Waals surface area contributed by atoms with Gasteiger partial charge in [0.05, 0.1) is 0 Å². The van der Waals surface area contributed by atoms with Crippen LogP contribution in [0.1, 0.15) is 6.92 Å². The largest absolute Gasteiger partial charge is 0.250 e. The molecular weight excluding hydrogens is 128 g/mol. The van der Waals surface area contributed by atoms with Gasteiger partial charge in [-0.1, -0.05) is 0 Å². The van der Waals surface area contributed by atoms with Crippen LogP contribution < -0.4 is 4.83 Å². The molecule has 0 aliphatic carbocycles. The van der Waals surface area contributed by atoms with Crippen LogP contribution in [-0.2, 0) is 0 Å². The maximum absolute atomic E-state index is 3.98. The van der Waals surface area contributed by atoms with E-state index >= 15 is 0 Å². The molecule has 0 atom stereocenters. The molecule has 1 N–H and O–H groups in total. The fourth-order valence-corrected chi connectivity index (χ4v) is 1.17. The SMILES string of the molecule is CC1=CN(S)NS1. The van der Waals surface area contributed by atoms with Crippen LogP contribution in [0, 0.1) is 0 Å². The van der Waals surface area contributed by atoms with Gasteiger partial charge in [0.25, 0.3) is 0 Å². The average molecular weight is 134 g/mol. The summed E-state index contributed by atoms with van der Waals surface area (Å²) in [5, 5.41) is 0. The summed E-state index contributed by atoms with van der Waals surface area (Å²) in [5.74, 6) is 0. The summed E-state index contributed by atoms with van der Waals surface area (Å²) in [6.45, 7) is 2.02. The number of thiol groups is 1. The molecule has 0 amide bonds. The van der Waals surface area contributed by atoms with Crippen molar-refractivity contribution in [3.05, 3.63) is 11.1 Å². The van der Waals surface area contributed by atoms with Crippen molar-refractivity contribution in [2.45, 2.75) is 6.92 Å². The van der Waals surface area contributed by atoms with Gasteiger partial charge in [0.2, 0.25) is 0 Å². The van der Waals surface area contributed by atoms with Crippen molar-refractivity contribution in [3.63, 3.8) is 0 Å². The van der Waals surface area contributed by atoms with E-state index in [9.17, 15) is 0 Å². The van der Waals surface area contributed by atoms with E-state index in [1.54, 1.807) is 16.4 Å². The molecular formula is C3H6N2S2. The van der Waals surface area contributed by atoms with Crippen LogP contribution in [-0.4, -0.2) is 4.41 Å². The van der Waals surface area contributed by atoms with Crippen molar-refractivity contribution < 1.29 is 0 Å². The summed E-state index contributed by atoms with van der Waals surface area (Å²) in [5.41, 5.74) is 0. The third-order valence-corrected chi connectivity index (χ3v) is 1.67. The predicted molar refractivity (Wildman–Crippen MR) is 35.3 cm³/mol. The Morgan fingerprint density at radius 1 is 2.00 bits per heavy atom. The Kier molecular flexibility index (Phi) is 1.51. The van der Waals surface area contributed by atoms with Crippen molar-refractivity contribution in [1.29, 1.82) is 0 Å². The smallest absolute Gasteiger partial charge is 0.0398 e. The lowest BCUT2D eigenvalue weighted by Gasteiger charge is -2.00. The summed E-state index contributed by atoms with van der Waals surface area (Å²) in [7, 11) is 0. The van der Waals surface area contributed by atoms with Crippen LogP contribution in [0.2, 0.25) is 0 Å². The molecule has 0 saturated heterocycles. The van der Waals surface area contributed by atoms with E-state index in [4.69, 9.17) is 0 Å². The van der Waals surface area contributed by atoms with Gasteiger partial charge in [-0.25, -0.2) is 4.41 Å². The first-order valence-corrected chi connectivity index (χ1v) is 3.10. The normalized spacial score (nSPS) is 20.3. The predicted octanol–water partition coefficient (Wildman–Crippen LogP) is 1.16. The molecule has 0 aromatic heterocycles. The number of hydrogen-bond acceptors (Lipinski definition) is 4. The van der Waals surface area contributed by atoms with E-state index in [1.807, 2.05) is 13.1 Å². The van der Waals surface area contributed by atoms with Crippen molar-refractivity contribution in [2.75, 3.05) is 0 Å². The number of hydrogen-bond donors (Lipinski definition) is 2. The number of hydrazine groups is 1. The maximum atomic E-state index is 3.98. The van der Waals surface area contributed by atoms with Crippen LogP contribution in [0.25, 0.3) is 0 Å². The monoisotopic (exact) mass is 134 g/mol. The first kappa shape index (κ1) is 5.34. The van der Waals surface area contributed by atoms with Gasteiger partial charge < -0.3 is 0 Å². The van der Waals surface area contributed by atoms with Gasteiger partial charge in [-0.15, -0.1) is 0 Å². The molecule has 0 saturated carbocycles. The van der Waals surface area contributed by atoms with Crippen LogP contribution >= 0.6 is 24.8 Å². The van der Waals surface area contributed by atoms with Gasteiger partial charge in [-0.05, 0) is 31.7 Å². The Labute approximate surface area is 52.6 Å². The lowest BCUT2D eigenvalue weighted by atomic mass is 10.7. The summed E-state index contributed by atoms with van der Waals surface area (Å²) in [6.07, 6.45) is 1.91. The second kappa shape index (κ2) is 1.98. The molecule has 4 heteroatoms. The third-order valence-electron chi connectivity index (χ3n) is 0.604. The lowest BCUT2D eigenvalue weighted by Crippen LogP contribution is -2.10. The molecule has 1 aliphatic heterocycles. The Balaban J connectivity index is 2.50. The van der Waals surface area contributed by atoms with E-state index < -0.39 is 0 Å². The van der Waals surface area contributed by atoms with E-state index in [-0.39, 0.29) is 0 Å². The molecule has 0 aromatic carbocycles. The molecule has 1 heterocycles. The average Bonchev–Trinajstić information content (AvgIpc) is 1.87. The zero-order chi connectivity index (χ0) is 5.28. The first-order chi connectivity index (χ1) is 3.29. The van der Waals surface area contributed by atoms with Crippen molar-refractivity contribution in [1.82, 2.24) is 9.25 Å². The Morgan fingerprint density at radius 3 is 2.86 bits per heavy atom. The second-order valence-corrected chi connectivity index (χ2v) is 2.74. The Morgan fingerprint density at radius 2 is 2.71 bits per heavy atom. The van der Waals surface area contributed by atoms with Gasteiger partial charge >= 0.3 is 0 Å². The van der Waals surface area contributed by atoms with Crippen molar-refractivity contribution in [2.24, 2.45) is 0 Å². The molecule has 2 nitrogen and oxygen atoms in total. The lowest BCUT2D eigenvalue weighted by molar-refractivity contribution is 0.627. The van der Waals surface area contributed by atoms with Gasteiger partial charge in [0, 0.05) is 11.1 Å². The highest BCUT2D eigenvalue weighted by atomic mass is 32.2. The summed E-state index contributed by atoms with van der Waals surface area (Å²) < 4.78 is 1.62. The maximum Gasteiger partial charge on any atom is 0.0398 e. The summed E-state index contributed by atoms with van der Waals surface area (Å²) in [4.78, 5) is 4.12.